The van der Waals surface area contributed by atoms with E-state index in [9.17, 15) is 26.7 Å². The van der Waals surface area contributed by atoms with Gasteiger partial charge in [-0.3, -0.25) is 0 Å². The Morgan fingerprint density at radius 2 is 1.26 bits per heavy atom. The summed E-state index contributed by atoms with van der Waals surface area (Å²) in [5.74, 6) is -12.2. The zero-order valence-corrected chi connectivity index (χ0v) is 13.1. The zero-order valence-electron chi connectivity index (χ0n) is 10.6. The Labute approximate surface area is 141 Å². The van der Waals surface area contributed by atoms with Crippen LogP contribution in [0.4, 0.5) is 22.0 Å². The summed E-state index contributed by atoms with van der Waals surface area (Å²) in [6, 6.07) is 4.44. The Morgan fingerprint density at radius 3 is 1.70 bits per heavy atom. The van der Waals surface area contributed by atoms with Gasteiger partial charge in [-0.25, -0.2) is 26.7 Å². The van der Waals surface area contributed by atoms with E-state index in [1.54, 1.807) is 0 Å². The minimum atomic E-state index is -2.29. The number of carbonyl (C=O) groups is 1. The van der Waals surface area contributed by atoms with Crippen molar-refractivity contribution in [2.75, 3.05) is 0 Å². The van der Waals surface area contributed by atoms with Gasteiger partial charge in [-0.1, -0.05) is 18.2 Å². The SMILES string of the molecule is O=C(O)c1ccccc1-c1c(F)c(F)c(F)c(F)c1F.[Cl][Cu][Cl]. The van der Waals surface area contributed by atoms with Gasteiger partial charge in [0.25, 0.3) is 0 Å². The number of rotatable bonds is 2. The summed E-state index contributed by atoms with van der Waals surface area (Å²) in [6.07, 6.45) is 0. The van der Waals surface area contributed by atoms with Crippen molar-refractivity contribution in [2.45, 2.75) is 0 Å². The fourth-order valence-electron chi connectivity index (χ4n) is 1.73. The van der Waals surface area contributed by atoms with E-state index in [0.29, 0.717) is 0 Å². The van der Waals surface area contributed by atoms with E-state index in [0.717, 1.165) is 25.3 Å². The maximum absolute atomic E-state index is 13.6. The van der Waals surface area contributed by atoms with Gasteiger partial charge in [-0.15, -0.1) is 0 Å². The quantitative estimate of drug-likeness (QED) is 0.315. The molecule has 0 saturated heterocycles. The molecule has 0 aromatic heterocycles. The van der Waals surface area contributed by atoms with Crippen LogP contribution in [0.3, 0.4) is 0 Å². The van der Waals surface area contributed by atoms with Crippen LogP contribution in [-0.4, -0.2) is 11.1 Å². The van der Waals surface area contributed by atoms with Crippen LogP contribution in [0.25, 0.3) is 11.1 Å². The van der Waals surface area contributed by atoms with Gasteiger partial charge in [0.2, 0.25) is 5.82 Å². The molecule has 2 aromatic rings. The van der Waals surface area contributed by atoms with E-state index in [4.69, 9.17) is 5.11 Å². The summed E-state index contributed by atoms with van der Waals surface area (Å²) in [4.78, 5) is 10.9. The van der Waals surface area contributed by atoms with Crippen LogP contribution in [0.5, 0.6) is 0 Å². The first-order valence-electron chi connectivity index (χ1n) is 5.43. The molecule has 0 amide bonds. The van der Waals surface area contributed by atoms with Gasteiger partial charge in [0, 0.05) is 5.56 Å². The Bertz CT molecular complexity index is 714. The molecule has 0 spiro atoms. The third-order valence-electron chi connectivity index (χ3n) is 2.64. The number of hydrogen-bond acceptors (Lipinski definition) is 1. The zero-order chi connectivity index (χ0) is 17.7. The number of benzene rings is 2. The molecule has 0 atom stereocenters. The molecule has 129 valence electrons. The topological polar surface area (TPSA) is 37.3 Å². The van der Waals surface area contributed by atoms with Gasteiger partial charge in [0.1, 0.15) is 0 Å². The van der Waals surface area contributed by atoms with Crippen LogP contribution in [0.15, 0.2) is 24.3 Å². The van der Waals surface area contributed by atoms with Crippen LogP contribution in [0.1, 0.15) is 10.4 Å². The van der Waals surface area contributed by atoms with Crippen LogP contribution < -0.4 is 0 Å². The summed E-state index contributed by atoms with van der Waals surface area (Å²) < 4.78 is 66.4. The van der Waals surface area contributed by atoms with Crippen LogP contribution in [0, 0.1) is 29.1 Å². The van der Waals surface area contributed by atoms with E-state index >= 15 is 0 Å². The Hall–Kier alpha value is -1.34. The predicted octanol–water partition coefficient (Wildman–Crippen LogP) is 5.12. The van der Waals surface area contributed by atoms with Crippen LogP contribution in [-0.2, 0) is 13.1 Å². The summed E-state index contributed by atoms with van der Waals surface area (Å²) >= 11 is 0.757. The molecule has 0 fully saturated rings. The van der Waals surface area contributed by atoms with Crippen molar-refractivity contribution in [1.82, 2.24) is 0 Å². The standard InChI is InChI=1S/C13H5F5O2.2ClH.Cu/c14-8-7(9(15)11(17)12(18)10(8)16)5-3-1-2-4-6(5)13(19)20;;;/h1-4H,(H,19,20);2*1H;/q;;;+2/p-2. The molecule has 2 nitrogen and oxygen atoms in total. The van der Waals surface area contributed by atoms with Crippen molar-refractivity contribution >= 4 is 26.2 Å². The van der Waals surface area contributed by atoms with Gasteiger partial charge in [0.15, 0.2) is 23.3 Å². The molecule has 2 rings (SSSR count). The summed E-state index contributed by atoms with van der Waals surface area (Å²) in [5.41, 5.74) is -2.43. The van der Waals surface area contributed by atoms with Gasteiger partial charge < -0.3 is 5.11 Å². The molecule has 0 radical (unpaired) electrons. The van der Waals surface area contributed by atoms with E-state index < -0.39 is 51.7 Å². The molecule has 0 bridgehead atoms. The normalized spacial score (nSPS) is 10.2. The van der Waals surface area contributed by atoms with E-state index in [2.05, 4.69) is 20.2 Å². The first-order chi connectivity index (χ1) is 10.8. The molecule has 10 heteroatoms. The molecule has 0 heterocycles. The van der Waals surface area contributed by atoms with Gasteiger partial charge in [-0.2, -0.15) is 0 Å². The van der Waals surface area contributed by atoms with E-state index in [1.807, 2.05) is 0 Å². The summed E-state index contributed by atoms with van der Waals surface area (Å²) in [6.45, 7) is 0. The van der Waals surface area contributed by atoms with Crippen molar-refractivity contribution in [3.63, 3.8) is 0 Å². The average molecular weight is 423 g/mol. The third kappa shape index (κ3) is 4.14. The summed E-state index contributed by atoms with van der Waals surface area (Å²) in [5, 5.41) is 8.90. The van der Waals surface area contributed by atoms with Crippen molar-refractivity contribution < 1.29 is 45.0 Å². The van der Waals surface area contributed by atoms with E-state index in [1.165, 1.54) is 12.1 Å². The first kappa shape index (κ1) is 19.7. The number of halogens is 7. The molecule has 0 aliphatic carbocycles. The Morgan fingerprint density at radius 1 is 0.870 bits per heavy atom. The number of carboxylic acid groups (broad SMARTS) is 1. The monoisotopic (exact) mass is 421 g/mol. The van der Waals surface area contributed by atoms with Crippen molar-refractivity contribution in [3.8, 4) is 11.1 Å². The second-order valence-electron chi connectivity index (χ2n) is 3.84. The average Bonchev–Trinajstić information content (AvgIpc) is 2.52. The fourth-order valence-corrected chi connectivity index (χ4v) is 1.73. The van der Waals surface area contributed by atoms with Crippen LogP contribution >= 0.6 is 20.2 Å². The Kier molecular flexibility index (Phi) is 7.28. The van der Waals surface area contributed by atoms with Crippen LogP contribution in [0.2, 0.25) is 0 Å². The van der Waals surface area contributed by atoms with Crippen molar-refractivity contribution in [3.05, 3.63) is 58.9 Å². The van der Waals surface area contributed by atoms with Crippen molar-refractivity contribution in [1.29, 1.82) is 0 Å². The minimum absolute atomic E-state index is 0.573. The molecular formula is C13H5Cl2CuF5O2. The van der Waals surface area contributed by atoms with Gasteiger partial charge in [0.05, 0.1) is 11.1 Å². The maximum atomic E-state index is 13.6. The van der Waals surface area contributed by atoms with Gasteiger partial charge in [-0.05, 0) is 6.07 Å². The number of carboxylic acids is 1. The molecule has 0 saturated carbocycles. The second kappa shape index (κ2) is 8.49. The third-order valence-corrected chi connectivity index (χ3v) is 2.64. The number of aromatic carboxylic acids is 1. The summed E-state index contributed by atoms with van der Waals surface area (Å²) in [7, 11) is 9.34. The molecule has 0 aliphatic heterocycles. The molecule has 1 N–H and O–H groups in total. The molecular weight excluding hydrogens is 418 g/mol. The fraction of sp³-hybridized carbons (Fsp3) is 0. The molecule has 23 heavy (non-hydrogen) atoms. The molecule has 2 aromatic carbocycles. The molecule has 0 aliphatic rings. The Balaban J connectivity index is 0.000000816. The van der Waals surface area contributed by atoms with E-state index in [-0.39, 0.29) is 0 Å². The van der Waals surface area contributed by atoms with Crippen molar-refractivity contribution in [2.24, 2.45) is 0 Å². The molecule has 0 unspecified atom stereocenters. The van der Waals surface area contributed by atoms with Gasteiger partial charge >= 0.3 is 39.3 Å². The number of hydrogen-bond donors (Lipinski definition) is 1. The predicted molar refractivity (Wildman–Crippen MR) is 70.3 cm³/mol. The first-order valence-corrected chi connectivity index (χ1v) is 8.02. The second-order valence-corrected chi connectivity index (χ2v) is 5.39.